The van der Waals surface area contributed by atoms with Crippen molar-refractivity contribution >= 4 is 22.9 Å². The van der Waals surface area contributed by atoms with Crippen molar-refractivity contribution in [2.75, 3.05) is 12.4 Å². The first-order valence-electron chi connectivity index (χ1n) is 9.70. The number of nitrogens with zero attached hydrogens (tertiary/aromatic N) is 1. The fraction of sp³-hybridized carbons (Fsp3) is 0.0833. The van der Waals surface area contributed by atoms with Crippen LogP contribution in [0, 0.1) is 17.5 Å². The number of halogens is 3. The van der Waals surface area contributed by atoms with Crippen LogP contribution in [0.2, 0.25) is 0 Å². The average molecular weight is 470 g/mol. The highest BCUT2D eigenvalue weighted by Gasteiger charge is 2.15. The molecular weight excluding hydrogens is 453 g/mol. The summed E-state index contributed by atoms with van der Waals surface area (Å²) in [6, 6.07) is 13.8. The van der Waals surface area contributed by atoms with Crippen molar-refractivity contribution in [3.63, 3.8) is 0 Å². The average Bonchev–Trinajstić information content (AvgIpc) is 3.30. The Morgan fingerprint density at radius 1 is 0.970 bits per heavy atom. The van der Waals surface area contributed by atoms with Crippen molar-refractivity contribution in [3.05, 3.63) is 94.8 Å². The van der Waals surface area contributed by atoms with E-state index in [-0.39, 0.29) is 17.9 Å². The Hall–Kier alpha value is -3.85. The Kier molecular flexibility index (Phi) is 6.60. The Labute approximate surface area is 191 Å². The minimum Gasteiger partial charge on any atom is -0.493 e. The van der Waals surface area contributed by atoms with Gasteiger partial charge in [0.05, 0.1) is 7.11 Å². The zero-order valence-corrected chi connectivity index (χ0v) is 18.1. The van der Waals surface area contributed by atoms with Gasteiger partial charge in [-0.05, 0) is 54.6 Å². The number of nitrogens with one attached hydrogen (secondary N) is 1. The summed E-state index contributed by atoms with van der Waals surface area (Å²) >= 11 is 1.27. The minimum absolute atomic E-state index is 0.104. The molecule has 1 N–H and O–H groups in total. The number of hydrogen-bond acceptors (Lipinski definition) is 5. The molecule has 9 heteroatoms. The number of thiazole rings is 1. The molecule has 4 rings (SSSR count). The number of ether oxygens (including phenoxy) is 2. The first kappa shape index (κ1) is 22.3. The van der Waals surface area contributed by atoms with Crippen LogP contribution >= 0.6 is 11.3 Å². The van der Waals surface area contributed by atoms with Crippen LogP contribution in [0.25, 0.3) is 10.6 Å². The molecule has 0 atom stereocenters. The second-order valence-electron chi connectivity index (χ2n) is 6.89. The predicted octanol–water partition coefficient (Wildman–Crippen LogP) is 6.07. The molecule has 4 aromatic rings. The monoisotopic (exact) mass is 470 g/mol. The molecule has 0 aliphatic carbocycles. The molecule has 0 aliphatic rings. The number of methoxy groups -OCH3 is 1. The van der Waals surface area contributed by atoms with E-state index in [1.54, 1.807) is 23.6 Å². The molecule has 1 amide bonds. The highest BCUT2D eigenvalue weighted by atomic mass is 32.1. The predicted molar refractivity (Wildman–Crippen MR) is 119 cm³/mol. The standard InChI is InChI=1S/C24H17F3N2O3S/c1-31-22-10-14(3-9-21(22)32-12-15-2-4-17(26)11-19(15)27)24-29-20(13-33-24)23(30)28-18-7-5-16(25)6-8-18/h2-11,13H,12H2,1H3,(H,28,30). The number of aromatic nitrogens is 1. The molecule has 168 valence electrons. The summed E-state index contributed by atoms with van der Waals surface area (Å²) in [6.07, 6.45) is 0. The van der Waals surface area contributed by atoms with Crippen LogP contribution in [0.3, 0.4) is 0 Å². The smallest absolute Gasteiger partial charge is 0.275 e. The SMILES string of the molecule is COc1cc(-c2nc(C(=O)Nc3ccc(F)cc3)cs2)ccc1OCc1ccc(F)cc1F. The lowest BCUT2D eigenvalue weighted by molar-refractivity contribution is 0.102. The van der Waals surface area contributed by atoms with E-state index in [1.165, 1.54) is 48.8 Å². The molecule has 0 aliphatic heterocycles. The maximum absolute atomic E-state index is 13.8. The van der Waals surface area contributed by atoms with Crippen molar-refractivity contribution in [1.82, 2.24) is 4.98 Å². The van der Waals surface area contributed by atoms with Crippen LogP contribution in [0.5, 0.6) is 11.5 Å². The molecule has 3 aromatic carbocycles. The van der Waals surface area contributed by atoms with Gasteiger partial charge in [0.1, 0.15) is 34.8 Å². The maximum Gasteiger partial charge on any atom is 0.275 e. The summed E-state index contributed by atoms with van der Waals surface area (Å²) in [5.74, 6) is -1.41. The lowest BCUT2D eigenvalue weighted by atomic mass is 10.2. The normalized spacial score (nSPS) is 10.7. The molecule has 0 fully saturated rings. The minimum atomic E-state index is -0.695. The number of carbonyl (C=O) groups is 1. The zero-order valence-electron chi connectivity index (χ0n) is 17.3. The summed E-state index contributed by atoms with van der Waals surface area (Å²) in [4.78, 5) is 16.8. The van der Waals surface area contributed by atoms with E-state index in [1.807, 2.05) is 0 Å². The van der Waals surface area contributed by atoms with E-state index in [4.69, 9.17) is 9.47 Å². The second kappa shape index (κ2) is 9.74. The highest BCUT2D eigenvalue weighted by molar-refractivity contribution is 7.13. The van der Waals surface area contributed by atoms with Gasteiger partial charge < -0.3 is 14.8 Å². The van der Waals surface area contributed by atoms with Gasteiger partial charge in [0.15, 0.2) is 11.5 Å². The van der Waals surface area contributed by atoms with Crippen LogP contribution in [0.15, 0.2) is 66.0 Å². The Morgan fingerprint density at radius 2 is 1.73 bits per heavy atom. The third-order valence-electron chi connectivity index (χ3n) is 4.65. The van der Waals surface area contributed by atoms with Gasteiger partial charge in [0.25, 0.3) is 5.91 Å². The van der Waals surface area contributed by atoms with Gasteiger partial charge in [0.2, 0.25) is 0 Å². The Morgan fingerprint density at radius 3 is 2.45 bits per heavy atom. The number of rotatable bonds is 7. The van der Waals surface area contributed by atoms with Crippen molar-refractivity contribution < 1.29 is 27.4 Å². The first-order valence-corrected chi connectivity index (χ1v) is 10.6. The first-order chi connectivity index (χ1) is 15.9. The summed E-state index contributed by atoms with van der Waals surface area (Å²) in [7, 11) is 1.47. The fourth-order valence-electron chi connectivity index (χ4n) is 2.95. The molecule has 0 radical (unpaired) electrons. The van der Waals surface area contributed by atoms with Gasteiger partial charge in [-0.3, -0.25) is 4.79 Å². The molecule has 1 aromatic heterocycles. The molecule has 0 saturated carbocycles. The number of benzene rings is 3. The number of carbonyl (C=O) groups excluding carboxylic acids is 1. The molecular formula is C24H17F3N2O3S. The van der Waals surface area contributed by atoms with Gasteiger partial charge >= 0.3 is 0 Å². The van der Waals surface area contributed by atoms with Crippen LogP contribution in [-0.2, 0) is 6.61 Å². The van der Waals surface area contributed by atoms with E-state index in [0.717, 1.165) is 12.1 Å². The highest BCUT2D eigenvalue weighted by Crippen LogP contribution is 2.34. The van der Waals surface area contributed by atoms with Crippen LogP contribution < -0.4 is 14.8 Å². The molecule has 0 bridgehead atoms. The van der Waals surface area contributed by atoms with Crippen LogP contribution in [0.1, 0.15) is 16.1 Å². The molecule has 5 nitrogen and oxygen atoms in total. The number of amides is 1. The van der Waals surface area contributed by atoms with E-state index in [0.29, 0.717) is 27.8 Å². The van der Waals surface area contributed by atoms with Crippen molar-refractivity contribution in [2.24, 2.45) is 0 Å². The zero-order chi connectivity index (χ0) is 23.4. The second-order valence-corrected chi connectivity index (χ2v) is 7.75. The van der Waals surface area contributed by atoms with Gasteiger partial charge in [-0.25, -0.2) is 18.2 Å². The summed E-state index contributed by atoms with van der Waals surface area (Å²) in [6.45, 7) is -0.104. The van der Waals surface area contributed by atoms with Crippen molar-refractivity contribution in [2.45, 2.75) is 6.61 Å². The third kappa shape index (κ3) is 5.32. The molecule has 1 heterocycles. The van der Waals surface area contributed by atoms with Gasteiger partial charge in [-0.2, -0.15) is 0 Å². The van der Waals surface area contributed by atoms with E-state index in [9.17, 15) is 18.0 Å². The quantitative estimate of drug-likeness (QED) is 0.356. The third-order valence-corrected chi connectivity index (χ3v) is 5.54. The van der Waals surface area contributed by atoms with Crippen LogP contribution in [-0.4, -0.2) is 18.0 Å². The van der Waals surface area contributed by atoms with Crippen molar-refractivity contribution in [1.29, 1.82) is 0 Å². The molecule has 0 unspecified atom stereocenters. The molecule has 0 saturated heterocycles. The molecule has 33 heavy (non-hydrogen) atoms. The van der Waals surface area contributed by atoms with Crippen LogP contribution in [0.4, 0.5) is 18.9 Å². The largest absolute Gasteiger partial charge is 0.493 e. The summed E-state index contributed by atoms with van der Waals surface area (Å²) in [5, 5.41) is 4.85. The maximum atomic E-state index is 13.8. The summed E-state index contributed by atoms with van der Waals surface area (Å²) < 4.78 is 50.9. The van der Waals surface area contributed by atoms with E-state index in [2.05, 4.69) is 10.3 Å². The van der Waals surface area contributed by atoms with Gasteiger partial charge in [-0.1, -0.05) is 0 Å². The Balaban J connectivity index is 1.47. The number of hydrogen-bond donors (Lipinski definition) is 1. The molecule has 0 spiro atoms. The number of anilines is 1. The van der Waals surface area contributed by atoms with E-state index < -0.39 is 23.4 Å². The van der Waals surface area contributed by atoms with E-state index >= 15 is 0 Å². The van der Waals surface area contributed by atoms with Gasteiger partial charge in [-0.15, -0.1) is 11.3 Å². The van der Waals surface area contributed by atoms with Crippen molar-refractivity contribution in [3.8, 4) is 22.1 Å². The lowest BCUT2D eigenvalue weighted by Crippen LogP contribution is -2.12. The Bertz CT molecular complexity index is 1290. The van der Waals surface area contributed by atoms with Gasteiger partial charge in [0, 0.05) is 28.3 Å². The topological polar surface area (TPSA) is 60.5 Å². The summed E-state index contributed by atoms with van der Waals surface area (Å²) in [5.41, 5.74) is 1.57. The fourth-order valence-corrected chi connectivity index (χ4v) is 3.75. The lowest BCUT2D eigenvalue weighted by Gasteiger charge is -2.12.